The molecule has 1 aliphatic rings. The van der Waals surface area contributed by atoms with Gasteiger partial charge in [-0.15, -0.1) is 0 Å². The van der Waals surface area contributed by atoms with Gasteiger partial charge in [-0.25, -0.2) is 0 Å². The van der Waals surface area contributed by atoms with Crippen LogP contribution in [0.2, 0.25) is 0 Å². The third-order valence-corrected chi connectivity index (χ3v) is 3.98. The summed E-state index contributed by atoms with van der Waals surface area (Å²) in [6.07, 6.45) is -1.87. The molecule has 1 aliphatic carbocycles. The van der Waals surface area contributed by atoms with Crippen LogP contribution in [0.25, 0.3) is 0 Å². The minimum atomic E-state index is -4.36. The van der Waals surface area contributed by atoms with Crippen molar-refractivity contribution in [1.29, 1.82) is 0 Å². The molecule has 0 saturated heterocycles. The first kappa shape index (κ1) is 16.8. The summed E-state index contributed by atoms with van der Waals surface area (Å²) in [5, 5.41) is 2.78. The molecule has 0 aromatic heterocycles. The molecule has 0 radical (unpaired) electrons. The summed E-state index contributed by atoms with van der Waals surface area (Å²) in [5.74, 6) is -0.0672. The molecular formula is C16H21F3N2O. The molecule has 3 N–H and O–H groups in total. The maximum absolute atomic E-state index is 12.7. The van der Waals surface area contributed by atoms with Gasteiger partial charge in [-0.1, -0.05) is 25.1 Å². The summed E-state index contributed by atoms with van der Waals surface area (Å²) < 4.78 is 38.0. The van der Waals surface area contributed by atoms with Gasteiger partial charge in [-0.05, 0) is 36.8 Å². The minimum Gasteiger partial charge on any atom is -0.354 e. The number of rotatable bonds is 6. The van der Waals surface area contributed by atoms with Gasteiger partial charge in [0.05, 0.1) is 5.56 Å². The van der Waals surface area contributed by atoms with E-state index in [-0.39, 0.29) is 18.4 Å². The number of hydrogen-bond acceptors (Lipinski definition) is 2. The topological polar surface area (TPSA) is 55.1 Å². The van der Waals surface area contributed by atoms with Crippen LogP contribution < -0.4 is 11.1 Å². The molecule has 122 valence electrons. The van der Waals surface area contributed by atoms with E-state index in [0.717, 1.165) is 25.0 Å². The first-order chi connectivity index (χ1) is 10.3. The summed E-state index contributed by atoms with van der Waals surface area (Å²) in [6, 6.07) is 5.08. The number of carbonyl (C=O) groups is 1. The molecule has 0 aliphatic heterocycles. The Morgan fingerprint density at radius 3 is 2.68 bits per heavy atom. The molecule has 1 aromatic carbocycles. The Morgan fingerprint density at radius 1 is 1.41 bits per heavy atom. The smallest absolute Gasteiger partial charge is 0.354 e. The Labute approximate surface area is 128 Å². The van der Waals surface area contributed by atoms with E-state index in [9.17, 15) is 18.0 Å². The van der Waals surface area contributed by atoms with Crippen molar-refractivity contribution in [3.8, 4) is 0 Å². The average molecular weight is 314 g/mol. The van der Waals surface area contributed by atoms with Crippen molar-refractivity contribution in [3.05, 3.63) is 35.4 Å². The number of nitrogens with two attached hydrogens (primary N) is 1. The monoisotopic (exact) mass is 314 g/mol. The molecule has 22 heavy (non-hydrogen) atoms. The van der Waals surface area contributed by atoms with Gasteiger partial charge in [-0.3, -0.25) is 4.79 Å². The van der Waals surface area contributed by atoms with E-state index in [4.69, 9.17) is 5.73 Å². The van der Waals surface area contributed by atoms with E-state index in [2.05, 4.69) is 5.32 Å². The number of nitrogens with one attached hydrogen (secondary N) is 1. The molecule has 1 amide bonds. The fraction of sp³-hybridized carbons (Fsp3) is 0.562. The Balaban J connectivity index is 1.87. The second-order valence-corrected chi connectivity index (χ2v) is 6.05. The van der Waals surface area contributed by atoms with Crippen LogP contribution in [0.1, 0.15) is 30.9 Å². The van der Waals surface area contributed by atoms with Crippen LogP contribution in [0.3, 0.4) is 0 Å². The Hall–Kier alpha value is -1.56. The van der Waals surface area contributed by atoms with E-state index < -0.39 is 17.7 Å². The van der Waals surface area contributed by atoms with Gasteiger partial charge in [0.2, 0.25) is 5.91 Å². The lowest BCUT2D eigenvalue weighted by molar-refractivity contribution is -0.137. The molecule has 1 aromatic rings. The van der Waals surface area contributed by atoms with Crippen molar-refractivity contribution in [1.82, 2.24) is 5.32 Å². The summed E-state index contributed by atoms with van der Waals surface area (Å²) >= 11 is 0. The van der Waals surface area contributed by atoms with E-state index in [0.29, 0.717) is 18.0 Å². The molecule has 1 saturated carbocycles. The SMILES string of the molecule is CC(Cc1cccc(C(F)(F)F)c1)C(=O)NCC(N)C1CC1. The standard InChI is InChI=1S/C16H21F3N2O/c1-10(15(22)21-9-14(20)12-5-6-12)7-11-3-2-4-13(8-11)16(17,18)19/h2-4,8,10,12,14H,5-7,9,20H2,1H3,(H,21,22). The van der Waals surface area contributed by atoms with Crippen LogP contribution in [0.5, 0.6) is 0 Å². The molecule has 2 rings (SSSR count). The average Bonchev–Trinajstić information content (AvgIpc) is 3.28. The highest BCUT2D eigenvalue weighted by atomic mass is 19.4. The van der Waals surface area contributed by atoms with Gasteiger partial charge in [0.25, 0.3) is 0 Å². The largest absolute Gasteiger partial charge is 0.416 e. The predicted molar refractivity (Wildman–Crippen MR) is 78.0 cm³/mol. The van der Waals surface area contributed by atoms with Gasteiger partial charge in [-0.2, -0.15) is 13.2 Å². The lowest BCUT2D eigenvalue weighted by Gasteiger charge is -2.16. The maximum Gasteiger partial charge on any atom is 0.416 e. The van der Waals surface area contributed by atoms with Crippen LogP contribution in [-0.4, -0.2) is 18.5 Å². The van der Waals surface area contributed by atoms with E-state index in [1.54, 1.807) is 13.0 Å². The first-order valence-corrected chi connectivity index (χ1v) is 7.47. The number of halogens is 3. The van der Waals surface area contributed by atoms with E-state index in [1.807, 2.05) is 0 Å². The second kappa shape index (κ2) is 6.69. The lowest BCUT2D eigenvalue weighted by atomic mass is 9.98. The molecule has 2 unspecified atom stereocenters. The fourth-order valence-corrected chi connectivity index (χ4v) is 2.40. The molecule has 0 heterocycles. The molecule has 1 fully saturated rings. The zero-order valence-corrected chi connectivity index (χ0v) is 12.5. The fourth-order valence-electron chi connectivity index (χ4n) is 2.40. The highest BCUT2D eigenvalue weighted by molar-refractivity contribution is 5.78. The van der Waals surface area contributed by atoms with Gasteiger partial charge in [0.1, 0.15) is 0 Å². The first-order valence-electron chi connectivity index (χ1n) is 7.47. The number of benzene rings is 1. The lowest BCUT2D eigenvalue weighted by Crippen LogP contribution is -2.41. The van der Waals surface area contributed by atoms with Crippen molar-refractivity contribution < 1.29 is 18.0 Å². The van der Waals surface area contributed by atoms with E-state index >= 15 is 0 Å². The number of hydrogen-bond donors (Lipinski definition) is 2. The number of carbonyl (C=O) groups excluding carboxylic acids is 1. The van der Waals surface area contributed by atoms with Crippen molar-refractivity contribution >= 4 is 5.91 Å². The molecule has 0 bridgehead atoms. The van der Waals surface area contributed by atoms with Crippen molar-refractivity contribution in [2.75, 3.05) is 6.54 Å². The predicted octanol–water partition coefficient (Wildman–Crippen LogP) is 2.74. The molecule has 6 heteroatoms. The Kier molecular flexibility index (Phi) is 5.11. The quantitative estimate of drug-likeness (QED) is 0.848. The van der Waals surface area contributed by atoms with Crippen molar-refractivity contribution in [3.63, 3.8) is 0 Å². The molecule has 0 spiro atoms. The maximum atomic E-state index is 12.7. The van der Waals surface area contributed by atoms with E-state index in [1.165, 1.54) is 6.07 Å². The number of alkyl halides is 3. The third-order valence-electron chi connectivity index (χ3n) is 3.98. The van der Waals surface area contributed by atoms with Gasteiger partial charge < -0.3 is 11.1 Å². The van der Waals surface area contributed by atoms with Crippen LogP contribution in [-0.2, 0) is 17.4 Å². The summed E-state index contributed by atoms with van der Waals surface area (Å²) in [7, 11) is 0. The van der Waals surface area contributed by atoms with Gasteiger partial charge in [0, 0.05) is 18.5 Å². The summed E-state index contributed by atoms with van der Waals surface area (Å²) in [4.78, 5) is 12.0. The van der Waals surface area contributed by atoms with Crippen molar-refractivity contribution in [2.45, 2.75) is 38.4 Å². The molecule has 3 nitrogen and oxygen atoms in total. The molecular weight excluding hydrogens is 293 g/mol. The van der Waals surface area contributed by atoms with Gasteiger partial charge >= 0.3 is 6.18 Å². The van der Waals surface area contributed by atoms with Crippen molar-refractivity contribution in [2.24, 2.45) is 17.6 Å². The highest BCUT2D eigenvalue weighted by Gasteiger charge is 2.31. The third kappa shape index (κ3) is 4.73. The van der Waals surface area contributed by atoms with Crippen LogP contribution in [0, 0.1) is 11.8 Å². The highest BCUT2D eigenvalue weighted by Crippen LogP contribution is 2.31. The second-order valence-electron chi connectivity index (χ2n) is 6.05. The summed E-state index contributed by atoms with van der Waals surface area (Å²) in [5.41, 5.74) is 5.72. The zero-order valence-electron chi connectivity index (χ0n) is 12.5. The minimum absolute atomic E-state index is 0.0234. The molecule has 2 atom stereocenters. The Bertz CT molecular complexity index is 526. The van der Waals surface area contributed by atoms with Crippen LogP contribution >= 0.6 is 0 Å². The van der Waals surface area contributed by atoms with Crippen LogP contribution in [0.4, 0.5) is 13.2 Å². The Morgan fingerprint density at radius 2 is 2.09 bits per heavy atom. The van der Waals surface area contributed by atoms with Crippen LogP contribution in [0.15, 0.2) is 24.3 Å². The van der Waals surface area contributed by atoms with Gasteiger partial charge in [0.15, 0.2) is 0 Å². The normalized spacial score (nSPS) is 17.9. The zero-order chi connectivity index (χ0) is 16.3. The number of amides is 1. The summed E-state index contributed by atoms with van der Waals surface area (Å²) in [6.45, 7) is 2.13.